The molecular weight excluding hydrogens is 322 g/mol. The number of hydrogen-bond acceptors (Lipinski definition) is 8. The van der Waals surface area contributed by atoms with Crippen LogP contribution in [-0.2, 0) is 33.4 Å². The summed E-state index contributed by atoms with van der Waals surface area (Å²) in [6, 6.07) is -1.30. The fraction of sp³-hybridized carbons (Fsp3) is 0.667. The van der Waals surface area contributed by atoms with Crippen LogP contribution in [0.1, 0.15) is 20.8 Å². The van der Waals surface area contributed by atoms with E-state index >= 15 is 0 Å². The predicted molar refractivity (Wildman–Crippen MR) is 78.6 cm³/mol. The summed E-state index contributed by atoms with van der Waals surface area (Å²) in [5.41, 5.74) is -0.790. The van der Waals surface area contributed by atoms with Crippen LogP contribution in [-0.4, -0.2) is 67.8 Å². The number of hydroxylamine groups is 2. The zero-order valence-corrected chi connectivity index (χ0v) is 14.4. The van der Waals surface area contributed by atoms with E-state index in [0.717, 1.165) is 5.06 Å². The van der Waals surface area contributed by atoms with Gasteiger partial charge in [0.15, 0.2) is 12.1 Å². The highest BCUT2D eigenvalue weighted by atomic mass is 16.8. The van der Waals surface area contributed by atoms with Crippen molar-refractivity contribution in [3.63, 3.8) is 0 Å². The summed E-state index contributed by atoms with van der Waals surface area (Å²) in [5, 5.41) is 0.788. The zero-order chi connectivity index (χ0) is 18.3. The lowest BCUT2D eigenvalue weighted by Gasteiger charge is -2.50. The predicted octanol–water partition coefficient (Wildman–Crippen LogP) is 0.577. The Hall–Kier alpha value is -1.97. The standard InChI is InChI=1S/C15H21NO8/c1-14(2,3)23-13(19)16-10-8(12(18)20-4)7-9(24-16)11(17)15(10,21-5)22-6/h7,9-10H,1-6H3/t9-,10+/m0/s1. The number of fused-ring (bicyclic) bond motifs is 2. The maximum atomic E-state index is 12.5. The quantitative estimate of drug-likeness (QED) is 0.542. The van der Waals surface area contributed by atoms with Gasteiger partial charge in [-0.1, -0.05) is 0 Å². The van der Waals surface area contributed by atoms with Crippen molar-refractivity contribution in [2.24, 2.45) is 0 Å². The average molecular weight is 343 g/mol. The van der Waals surface area contributed by atoms with Gasteiger partial charge in [-0.3, -0.25) is 9.63 Å². The van der Waals surface area contributed by atoms with E-state index in [9.17, 15) is 14.4 Å². The lowest BCUT2D eigenvalue weighted by Crippen LogP contribution is -2.72. The molecule has 1 fully saturated rings. The van der Waals surface area contributed by atoms with Crippen LogP contribution in [0.4, 0.5) is 4.79 Å². The minimum atomic E-state index is -1.89. The minimum absolute atomic E-state index is 0.0166. The Balaban J connectivity index is 2.50. The fourth-order valence-corrected chi connectivity index (χ4v) is 2.67. The number of ketones is 1. The van der Waals surface area contributed by atoms with E-state index in [1.807, 2.05) is 0 Å². The minimum Gasteiger partial charge on any atom is -0.466 e. The van der Waals surface area contributed by atoms with Gasteiger partial charge in [-0.25, -0.2) is 9.59 Å². The first-order chi connectivity index (χ1) is 11.1. The Bertz CT molecular complexity index is 587. The Labute approximate surface area is 139 Å². The van der Waals surface area contributed by atoms with E-state index in [0.29, 0.717) is 0 Å². The highest BCUT2D eigenvalue weighted by Crippen LogP contribution is 2.41. The smallest absolute Gasteiger partial charge is 0.435 e. The summed E-state index contributed by atoms with van der Waals surface area (Å²) in [7, 11) is 3.67. The number of ether oxygens (including phenoxy) is 4. The molecule has 0 unspecified atom stereocenters. The number of rotatable bonds is 3. The van der Waals surface area contributed by atoms with E-state index in [2.05, 4.69) is 0 Å². The number of Topliss-reactive ketones (excluding diaryl/α,β-unsaturated/α-hetero) is 1. The van der Waals surface area contributed by atoms with Crippen molar-refractivity contribution in [2.45, 2.75) is 44.3 Å². The fourth-order valence-electron chi connectivity index (χ4n) is 2.67. The molecule has 3 rings (SSSR count). The van der Waals surface area contributed by atoms with E-state index in [-0.39, 0.29) is 5.57 Å². The second-order valence-electron chi connectivity index (χ2n) is 6.29. The summed E-state index contributed by atoms with van der Waals surface area (Å²) in [4.78, 5) is 42.4. The molecule has 2 aliphatic heterocycles. The molecule has 0 aromatic rings. The molecule has 0 N–H and O–H groups in total. The van der Waals surface area contributed by atoms with Crippen molar-refractivity contribution >= 4 is 17.8 Å². The van der Waals surface area contributed by atoms with Crippen molar-refractivity contribution in [2.75, 3.05) is 21.3 Å². The van der Waals surface area contributed by atoms with Crippen LogP contribution in [0, 0.1) is 0 Å². The van der Waals surface area contributed by atoms with Crippen molar-refractivity contribution in [3.8, 4) is 0 Å². The number of nitrogens with zero attached hydrogens (tertiary/aromatic N) is 1. The molecule has 2 atom stereocenters. The lowest BCUT2D eigenvalue weighted by molar-refractivity contribution is -0.310. The molecule has 0 aromatic heterocycles. The van der Waals surface area contributed by atoms with E-state index in [4.69, 9.17) is 23.8 Å². The molecule has 9 nitrogen and oxygen atoms in total. The first-order valence-electron chi connectivity index (χ1n) is 7.25. The Morgan fingerprint density at radius 1 is 1.21 bits per heavy atom. The van der Waals surface area contributed by atoms with Gasteiger partial charge < -0.3 is 18.9 Å². The van der Waals surface area contributed by atoms with Gasteiger partial charge in [-0.15, -0.1) is 0 Å². The van der Waals surface area contributed by atoms with Crippen molar-refractivity contribution in [3.05, 3.63) is 11.6 Å². The summed E-state index contributed by atoms with van der Waals surface area (Å²) in [6.45, 7) is 5.03. The third kappa shape index (κ3) is 2.79. The molecule has 0 radical (unpaired) electrons. The van der Waals surface area contributed by atoms with Gasteiger partial charge in [0.1, 0.15) is 5.60 Å². The zero-order valence-electron chi connectivity index (χ0n) is 14.4. The number of methoxy groups -OCH3 is 3. The van der Waals surface area contributed by atoms with Gasteiger partial charge in [0.2, 0.25) is 5.78 Å². The number of esters is 1. The highest BCUT2D eigenvalue weighted by Gasteiger charge is 2.64. The van der Waals surface area contributed by atoms with Crippen LogP contribution in [0.3, 0.4) is 0 Å². The molecule has 9 heteroatoms. The van der Waals surface area contributed by atoms with E-state index in [1.165, 1.54) is 27.4 Å². The van der Waals surface area contributed by atoms with Gasteiger partial charge >= 0.3 is 12.1 Å². The van der Waals surface area contributed by atoms with Crippen molar-refractivity contribution < 1.29 is 38.2 Å². The molecule has 3 aliphatic rings. The maximum Gasteiger partial charge on any atom is 0.435 e. The first-order valence-corrected chi connectivity index (χ1v) is 7.25. The molecule has 2 bridgehead atoms. The van der Waals surface area contributed by atoms with Crippen LogP contribution in [0.2, 0.25) is 0 Å². The third-order valence-electron chi connectivity index (χ3n) is 3.65. The van der Waals surface area contributed by atoms with Gasteiger partial charge in [0.05, 0.1) is 12.7 Å². The monoisotopic (exact) mass is 343 g/mol. The number of hydrogen-bond donors (Lipinski definition) is 0. The van der Waals surface area contributed by atoms with E-state index in [1.54, 1.807) is 20.8 Å². The van der Waals surface area contributed by atoms with Gasteiger partial charge in [-0.05, 0) is 26.8 Å². The molecule has 0 saturated carbocycles. The maximum absolute atomic E-state index is 12.5. The summed E-state index contributed by atoms with van der Waals surface area (Å²) in [5.74, 6) is -3.18. The second kappa shape index (κ2) is 6.15. The largest absolute Gasteiger partial charge is 0.466 e. The van der Waals surface area contributed by atoms with Crippen molar-refractivity contribution in [1.29, 1.82) is 0 Å². The molecule has 134 valence electrons. The lowest BCUT2D eigenvalue weighted by atomic mass is 9.83. The van der Waals surface area contributed by atoms with Gasteiger partial charge in [-0.2, -0.15) is 5.06 Å². The summed E-state index contributed by atoms with van der Waals surface area (Å²) in [6.07, 6.45) is -0.829. The number of carbonyl (C=O) groups is 3. The number of amides is 1. The highest BCUT2D eigenvalue weighted by molar-refractivity contribution is 6.02. The summed E-state index contributed by atoms with van der Waals surface area (Å²) >= 11 is 0. The average Bonchev–Trinajstić information content (AvgIpc) is 2.53. The van der Waals surface area contributed by atoms with Crippen molar-refractivity contribution in [1.82, 2.24) is 5.06 Å². The van der Waals surface area contributed by atoms with Gasteiger partial charge in [0, 0.05) is 14.2 Å². The van der Waals surface area contributed by atoms with Crippen LogP contribution in [0.15, 0.2) is 11.6 Å². The van der Waals surface area contributed by atoms with Crippen LogP contribution >= 0.6 is 0 Å². The second-order valence-corrected chi connectivity index (χ2v) is 6.29. The topological polar surface area (TPSA) is 101 Å². The molecule has 1 amide bonds. The molecular formula is C15H21NO8. The molecule has 2 heterocycles. The molecule has 0 spiro atoms. The van der Waals surface area contributed by atoms with Crippen LogP contribution in [0.5, 0.6) is 0 Å². The van der Waals surface area contributed by atoms with E-state index < -0.39 is 41.4 Å². The molecule has 1 aliphatic carbocycles. The third-order valence-corrected chi connectivity index (χ3v) is 3.65. The molecule has 24 heavy (non-hydrogen) atoms. The Morgan fingerprint density at radius 3 is 2.25 bits per heavy atom. The molecule has 0 aromatic carbocycles. The Morgan fingerprint density at radius 2 is 1.79 bits per heavy atom. The van der Waals surface area contributed by atoms with Crippen LogP contribution in [0.25, 0.3) is 0 Å². The summed E-state index contributed by atoms with van der Waals surface area (Å²) < 4.78 is 20.5. The number of carbonyl (C=O) groups excluding carboxylic acids is 3. The van der Waals surface area contributed by atoms with Gasteiger partial charge in [0.25, 0.3) is 5.79 Å². The normalized spacial score (nSPS) is 25.3. The van der Waals surface area contributed by atoms with Crippen LogP contribution < -0.4 is 0 Å². The first kappa shape index (κ1) is 18.4. The molecule has 1 saturated heterocycles. The SMILES string of the molecule is COC(=O)C1=C[C@@H]2ON(C(=O)OC(C)(C)C)[C@H]1C(OC)(OC)C2=O. The Kier molecular flexibility index (Phi) is 4.71.